The molecule has 0 atom stereocenters. The van der Waals surface area contributed by atoms with Gasteiger partial charge in [0.2, 0.25) is 0 Å². The van der Waals surface area contributed by atoms with Gasteiger partial charge in [0.1, 0.15) is 5.60 Å². The van der Waals surface area contributed by atoms with Crippen molar-refractivity contribution in [2.24, 2.45) is 4.99 Å². The number of carbonyl (C=O) groups is 1. The lowest BCUT2D eigenvalue weighted by atomic mass is 10.0. The van der Waals surface area contributed by atoms with Crippen molar-refractivity contribution in [3.05, 3.63) is 29.8 Å². The molecule has 1 saturated heterocycles. The summed E-state index contributed by atoms with van der Waals surface area (Å²) in [5, 5.41) is 9.51. The maximum absolute atomic E-state index is 11.9. The predicted octanol–water partition coefficient (Wildman–Crippen LogP) is 3.24. The molecule has 1 heterocycles. The highest BCUT2D eigenvalue weighted by Gasteiger charge is 2.28. The van der Waals surface area contributed by atoms with Gasteiger partial charge in [0.25, 0.3) is 0 Å². The molecular formula is C24H41N5O3. The zero-order chi connectivity index (χ0) is 23.6. The molecule has 0 aliphatic carbocycles. The fourth-order valence-electron chi connectivity index (χ4n) is 3.38. The van der Waals surface area contributed by atoms with E-state index in [0.29, 0.717) is 6.54 Å². The van der Waals surface area contributed by atoms with Crippen LogP contribution in [0.2, 0.25) is 0 Å². The Bertz CT molecular complexity index is 735. The third kappa shape index (κ3) is 9.44. The third-order valence-electron chi connectivity index (χ3n) is 5.14. The van der Waals surface area contributed by atoms with Crippen LogP contribution < -0.4 is 16.0 Å². The molecule has 0 spiro atoms. The van der Waals surface area contributed by atoms with Crippen LogP contribution in [0, 0.1) is 0 Å². The van der Waals surface area contributed by atoms with E-state index in [4.69, 9.17) is 14.5 Å². The maximum Gasteiger partial charge on any atom is 0.412 e. The fourth-order valence-corrected chi connectivity index (χ4v) is 3.38. The maximum atomic E-state index is 11.9. The van der Waals surface area contributed by atoms with Crippen molar-refractivity contribution in [2.75, 3.05) is 51.3 Å². The summed E-state index contributed by atoms with van der Waals surface area (Å²) in [5.74, 6) is 0.831. The van der Waals surface area contributed by atoms with Gasteiger partial charge in [-0.25, -0.2) is 4.79 Å². The molecule has 1 aliphatic heterocycles. The summed E-state index contributed by atoms with van der Waals surface area (Å²) in [6.45, 7) is 17.8. The van der Waals surface area contributed by atoms with E-state index in [1.165, 1.54) is 5.56 Å². The number of hydrogen-bond acceptors (Lipinski definition) is 5. The summed E-state index contributed by atoms with van der Waals surface area (Å²) in [6, 6.07) is 7.81. The van der Waals surface area contributed by atoms with Crippen LogP contribution in [-0.2, 0) is 15.9 Å². The van der Waals surface area contributed by atoms with Crippen molar-refractivity contribution >= 4 is 17.7 Å². The summed E-state index contributed by atoms with van der Waals surface area (Å²) in [4.78, 5) is 19.1. The lowest BCUT2D eigenvalue weighted by Gasteiger charge is -2.39. The van der Waals surface area contributed by atoms with E-state index in [1.54, 1.807) is 0 Å². The zero-order valence-corrected chi connectivity index (χ0v) is 20.6. The third-order valence-corrected chi connectivity index (χ3v) is 5.14. The number of carbonyl (C=O) groups excluding carboxylic acids is 1. The van der Waals surface area contributed by atoms with Crippen LogP contribution >= 0.6 is 0 Å². The van der Waals surface area contributed by atoms with Gasteiger partial charge in [0.05, 0.1) is 19.8 Å². The second kappa shape index (κ2) is 12.1. The fraction of sp³-hybridized carbons (Fsp3) is 0.667. The number of anilines is 1. The van der Waals surface area contributed by atoms with Crippen LogP contribution in [0.1, 0.15) is 47.1 Å². The zero-order valence-electron chi connectivity index (χ0n) is 20.6. The van der Waals surface area contributed by atoms with Crippen molar-refractivity contribution < 1.29 is 14.3 Å². The second-order valence-electron chi connectivity index (χ2n) is 9.61. The van der Waals surface area contributed by atoms with E-state index in [-0.39, 0.29) is 5.54 Å². The number of morpholine rings is 1. The Labute approximate surface area is 193 Å². The Morgan fingerprint density at radius 1 is 1.09 bits per heavy atom. The van der Waals surface area contributed by atoms with Crippen LogP contribution in [0.3, 0.4) is 0 Å². The summed E-state index contributed by atoms with van der Waals surface area (Å²) < 4.78 is 10.8. The number of amides is 1. The number of rotatable bonds is 8. The lowest BCUT2D eigenvalue weighted by Crippen LogP contribution is -2.52. The average Bonchev–Trinajstić information content (AvgIpc) is 2.72. The van der Waals surface area contributed by atoms with E-state index in [0.717, 1.165) is 57.5 Å². The van der Waals surface area contributed by atoms with Gasteiger partial charge in [-0.3, -0.25) is 15.2 Å². The minimum absolute atomic E-state index is 0.0108. The van der Waals surface area contributed by atoms with E-state index >= 15 is 0 Å². The Morgan fingerprint density at radius 3 is 2.34 bits per heavy atom. The van der Waals surface area contributed by atoms with E-state index in [1.807, 2.05) is 45.0 Å². The van der Waals surface area contributed by atoms with Gasteiger partial charge in [-0.05, 0) is 65.7 Å². The van der Waals surface area contributed by atoms with Crippen molar-refractivity contribution in [3.63, 3.8) is 0 Å². The van der Waals surface area contributed by atoms with Crippen LogP contribution in [0.5, 0.6) is 0 Å². The normalized spacial score (nSPS) is 15.9. The van der Waals surface area contributed by atoms with Gasteiger partial charge in [0, 0.05) is 37.4 Å². The molecule has 180 valence electrons. The number of ether oxygens (including phenoxy) is 2. The van der Waals surface area contributed by atoms with Gasteiger partial charge in [-0.15, -0.1) is 0 Å². The molecule has 0 saturated carbocycles. The van der Waals surface area contributed by atoms with Gasteiger partial charge < -0.3 is 20.1 Å². The van der Waals surface area contributed by atoms with Crippen LogP contribution in [-0.4, -0.2) is 74.0 Å². The largest absolute Gasteiger partial charge is 0.444 e. The molecule has 0 aromatic heterocycles. The van der Waals surface area contributed by atoms with Crippen molar-refractivity contribution in [2.45, 2.75) is 59.1 Å². The molecule has 0 radical (unpaired) electrons. The number of benzene rings is 1. The molecule has 3 N–H and O–H groups in total. The predicted molar refractivity (Wildman–Crippen MR) is 130 cm³/mol. The number of nitrogens with zero attached hydrogens (tertiary/aromatic N) is 2. The summed E-state index contributed by atoms with van der Waals surface area (Å²) >= 11 is 0. The molecule has 0 unspecified atom stereocenters. The van der Waals surface area contributed by atoms with Crippen LogP contribution in [0.15, 0.2) is 29.3 Å². The Morgan fingerprint density at radius 2 is 1.75 bits per heavy atom. The molecule has 1 fully saturated rings. The molecule has 1 amide bonds. The molecule has 1 aliphatic rings. The van der Waals surface area contributed by atoms with Crippen molar-refractivity contribution in [1.82, 2.24) is 15.5 Å². The van der Waals surface area contributed by atoms with Gasteiger partial charge in [-0.2, -0.15) is 0 Å². The minimum atomic E-state index is -0.515. The quantitative estimate of drug-likeness (QED) is 0.419. The van der Waals surface area contributed by atoms with Gasteiger partial charge in [-0.1, -0.05) is 12.1 Å². The number of nitrogens with one attached hydrogen (secondary N) is 3. The van der Waals surface area contributed by atoms with Crippen LogP contribution in [0.4, 0.5) is 10.5 Å². The molecule has 2 rings (SSSR count). The smallest absolute Gasteiger partial charge is 0.412 e. The molecular weight excluding hydrogens is 406 g/mol. The van der Waals surface area contributed by atoms with E-state index < -0.39 is 11.7 Å². The first-order valence-corrected chi connectivity index (χ1v) is 11.5. The summed E-state index contributed by atoms with van der Waals surface area (Å²) in [7, 11) is 0. The van der Waals surface area contributed by atoms with Gasteiger partial charge in [0.15, 0.2) is 5.96 Å². The number of aliphatic imine (C=N–C) groups is 1. The van der Waals surface area contributed by atoms with E-state index in [2.05, 4.69) is 41.6 Å². The van der Waals surface area contributed by atoms with Crippen molar-refractivity contribution in [1.29, 1.82) is 0 Å². The summed E-state index contributed by atoms with van der Waals surface area (Å²) in [5.41, 5.74) is 1.37. The topological polar surface area (TPSA) is 87.2 Å². The lowest BCUT2D eigenvalue weighted by molar-refractivity contribution is -0.00683. The van der Waals surface area contributed by atoms with Gasteiger partial charge >= 0.3 is 6.09 Å². The highest BCUT2D eigenvalue weighted by Crippen LogP contribution is 2.16. The first-order chi connectivity index (χ1) is 15.1. The number of guanidine groups is 1. The Hall–Kier alpha value is -2.32. The van der Waals surface area contributed by atoms with E-state index in [9.17, 15) is 4.79 Å². The molecule has 0 bridgehead atoms. The molecule has 8 nitrogen and oxygen atoms in total. The second-order valence-corrected chi connectivity index (χ2v) is 9.61. The molecule has 32 heavy (non-hydrogen) atoms. The minimum Gasteiger partial charge on any atom is -0.444 e. The molecule has 1 aromatic carbocycles. The average molecular weight is 448 g/mol. The Kier molecular flexibility index (Phi) is 9.78. The highest BCUT2D eigenvalue weighted by atomic mass is 16.6. The highest BCUT2D eigenvalue weighted by molar-refractivity contribution is 5.84. The molecule has 1 aromatic rings. The standard InChI is InChI=1S/C24H41N5O3/c1-7-25-21(27-18-24(5,6)29-14-16-31-17-15-29)26-13-12-19-8-10-20(11-9-19)28-22(30)32-23(2,3)4/h8-11H,7,12-18H2,1-6H3,(H,28,30)(H2,25,26,27). The van der Waals surface area contributed by atoms with Crippen molar-refractivity contribution in [3.8, 4) is 0 Å². The summed E-state index contributed by atoms with van der Waals surface area (Å²) in [6.07, 6.45) is 0.405. The monoisotopic (exact) mass is 447 g/mol. The first kappa shape index (κ1) is 25.9. The first-order valence-electron chi connectivity index (χ1n) is 11.5. The molecule has 8 heteroatoms. The number of hydrogen-bond donors (Lipinski definition) is 3. The SMILES string of the molecule is CCNC(=NCC(C)(C)N1CCOCC1)NCCc1ccc(NC(=O)OC(C)(C)C)cc1. The Balaban J connectivity index is 1.82. The van der Waals surface area contributed by atoms with Crippen LogP contribution in [0.25, 0.3) is 0 Å².